The first-order chi connectivity index (χ1) is 8.15. The van der Waals surface area contributed by atoms with Gasteiger partial charge < -0.3 is 15.4 Å². The van der Waals surface area contributed by atoms with Crippen LogP contribution >= 0.6 is 11.6 Å². The van der Waals surface area contributed by atoms with Gasteiger partial charge >= 0.3 is 5.97 Å². The fraction of sp³-hybridized carbons (Fsp3) is 0.500. The molecule has 0 aromatic rings. The smallest absolute Gasteiger partial charge is 0.325 e. The van der Waals surface area contributed by atoms with Crippen LogP contribution in [-0.4, -0.2) is 37.5 Å². The van der Waals surface area contributed by atoms with Crippen molar-refractivity contribution in [2.75, 3.05) is 25.6 Å². The lowest BCUT2D eigenvalue weighted by Gasteiger charge is -2.03. The first-order valence-corrected chi connectivity index (χ1v) is 5.52. The third kappa shape index (κ3) is 7.19. The van der Waals surface area contributed by atoms with Crippen molar-refractivity contribution in [2.45, 2.75) is 6.92 Å². The molecule has 0 saturated heterocycles. The molecule has 2 N–H and O–H groups in total. The standard InChI is InChI=1S/C10H14ClN3O3/c1-2-17-9(15)7-13-6-8(5-12)10(16)14-4-3-11/h6,13H,2-4,7H2,1H3,(H,14,16)/b8-6-. The number of alkyl halides is 1. The second kappa shape index (κ2) is 9.48. The van der Waals surface area contributed by atoms with Crippen LogP contribution in [0.4, 0.5) is 0 Å². The van der Waals surface area contributed by atoms with E-state index in [4.69, 9.17) is 16.9 Å². The lowest BCUT2D eigenvalue weighted by molar-refractivity contribution is -0.141. The Labute approximate surface area is 105 Å². The molecule has 0 atom stereocenters. The van der Waals surface area contributed by atoms with Crippen LogP contribution in [0.25, 0.3) is 0 Å². The summed E-state index contributed by atoms with van der Waals surface area (Å²) in [6.45, 7) is 2.15. The summed E-state index contributed by atoms with van der Waals surface area (Å²) in [5.41, 5.74) is -0.126. The van der Waals surface area contributed by atoms with E-state index in [0.29, 0.717) is 0 Å². The summed E-state index contributed by atoms with van der Waals surface area (Å²) in [5.74, 6) is -0.729. The van der Waals surface area contributed by atoms with Crippen LogP contribution in [-0.2, 0) is 14.3 Å². The average Bonchev–Trinajstić information content (AvgIpc) is 2.32. The number of rotatable bonds is 7. The van der Waals surface area contributed by atoms with Gasteiger partial charge in [0.05, 0.1) is 6.61 Å². The molecule has 0 rings (SSSR count). The van der Waals surface area contributed by atoms with E-state index in [1.54, 1.807) is 13.0 Å². The van der Waals surface area contributed by atoms with E-state index in [2.05, 4.69) is 15.4 Å². The highest BCUT2D eigenvalue weighted by molar-refractivity contribution is 6.18. The molecule has 0 heterocycles. The molecule has 94 valence electrons. The van der Waals surface area contributed by atoms with Crippen LogP contribution in [0.3, 0.4) is 0 Å². The van der Waals surface area contributed by atoms with Crippen molar-refractivity contribution in [1.29, 1.82) is 5.26 Å². The van der Waals surface area contributed by atoms with Crippen LogP contribution in [0.2, 0.25) is 0 Å². The number of esters is 1. The van der Waals surface area contributed by atoms with Crippen molar-refractivity contribution in [3.8, 4) is 6.07 Å². The van der Waals surface area contributed by atoms with Gasteiger partial charge in [0.1, 0.15) is 18.2 Å². The second-order valence-corrected chi connectivity index (χ2v) is 3.18. The molecule has 1 amide bonds. The lowest BCUT2D eigenvalue weighted by Crippen LogP contribution is -2.28. The van der Waals surface area contributed by atoms with Crippen LogP contribution < -0.4 is 10.6 Å². The van der Waals surface area contributed by atoms with Crippen molar-refractivity contribution in [1.82, 2.24) is 10.6 Å². The molecule has 7 heteroatoms. The highest BCUT2D eigenvalue weighted by Crippen LogP contribution is 1.90. The summed E-state index contributed by atoms with van der Waals surface area (Å²) >= 11 is 5.38. The number of hydrogen-bond acceptors (Lipinski definition) is 5. The van der Waals surface area contributed by atoms with E-state index in [1.165, 1.54) is 6.20 Å². The van der Waals surface area contributed by atoms with Gasteiger partial charge in [-0.3, -0.25) is 9.59 Å². The molecular formula is C10H14ClN3O3. The summed E-state index contributed by atoms with van der Waals surface area (Å²) in [4.78, 5) is 22.3. The minimum absolute atomic E-state index is 0.0954. The number of nitriles is 1. The third-order valence-corrected chi connectivity index (χ3v) is 1.73. The number of carbonyl (C=O) groups is 2. The molecule has 0 bridgehead atoms. The number of nitrogens with zero attached hydrogens (tertiary/aromatic N) is 1. The molecule has 0 radical (unpaired) electrons. The maximum atomic E-state index is 11.3. The number of hydrogen-bond donors (Lipinski definition) is 2. The molecule has 6 nitrogen and oxygen atoms in total. The summed E-state index contributed by atoms with van der Waals surface area (Å²) in [5, 5.41) is 13.7. The Hall–Kier alpha value is -1.74. The van der Waals surface area contributed by atoms with Crippen molar-refractivity contribution in [3.05, 3.63) is 11.8 Å². The highest BCUT2D eigenvalue weighted by Gasteiger charge is 2.07. The molecule has 0 unspecified atom stereocenters. The molecule has 0 saturated carbocycles. The maximum absolute atomic E-state index is 11.3. The van der Waals surface area contributed by atoms with E-state index in [9.17, 15) is 9.59 Å². The molecule has 0 spiro atoms. The number of carbonyl (C=O) groups excluding carboxylic acids is 2. The van der Waals surface area contributed by atoms with Crippen molar-refractivity contribution in [3.63, 3.8) is 0 Å². The predicted octanol–water partition coefficient (Wildman–Crippen LogP) is -0.0984. The molecule has 0 aliphatic heterocycles. The quantitative estimate of drug-likeness (QED) is 0.288. The minimum Gasteiger partial charge on any atom is -0.465 e. The first kappa shape index (κ1) is 15.3. The van der Waals surface area contributed by atoms with Gasteiger partial charge in [0.2, 0.25) is 0 Å². The SMILES string of the molecule is CCOC(=O)CN/C=C(/C#N)C(=O)NCCCl. The molecule has 0 aliphatic carbocycles. The number of halogens is 1. The highest BCUT2D eigenvalue weighted by atomic mass is 35.5. The Morgan fingerprint density at radius 3 is 2.76 bits per heavy atom. The van der Waals surface area contributed by atoms with Crippen LogP contribution in [0, 0.1) is 11.3 Å². The summed E-state index contributed by atoms with van der Waals surface area (Å²) in [6.07, 6.45) is 1.17. The number of amides is 1. The van der Waals surface area contributed by atoms with Gasteiger partial charge in [-0.25, -0.2) is 0 Å². The van der Waals surface area contributed by atoms with Crippen LogP contribution in [0.15, 0.2) is 11.8 Å². The average molecular weight is 260 g/mol. The Morgan fingerprint density at radius 1 is 1.53 bits per heavy atom. The Morgan fingerprint density at radius 2 is 2.24 bits per heavy atom. The normalized spacial score (nSPS) is 10.3. The Bertz CT molecular complexity index is 336. The van der Waals surface area contributed by atoms with Crippen LogP contribution in [0.5, 0.6) is 0 Å². The zero-order valence-corrected chi connectivity index (χ0v) is 10.2. The molecule has 0 fully saturated rings. The zero-order chi connectivity index (χ0) is 13.1. The monoisotopic (exact) mass is 259 g/mol. The van der Waals surface area contributed by atoms with Gasteiger partial charge in [-0.15, -0.1) is 11.6 Å². The van der Waals surface area contributed by atoms with E-state index in [1.807, 2.05) is 0 Å². The maximum Gasteiger partial charge on any atom is 0.325 e. The fourth-order valence-corrected chi connectivity index (χ4v) is 0.948. The van der Waals surface area contributed by atoms with Gasteiger partial charge in [-0.2, -0.15) is 5.26 Å². The van der Waals surface area contributed by atoms with E-state index >= 15 is 0 Å². The zero-order valence-electron chi connectivity index (χ0n) is 9.46. The van der Waals surface area contributed by atoms with Crippen LogP contribution in [0.1, 0.15) is 6.92 Å². The number of nitrogens with one attached hydrogen (secondary N) is 2. The third-order valence-electron chi connectivity index (χ3n) is 1.54. The van der Waals surface area contributed by atoms with Gasteiger partial charge in [0.15, 0.2) is 0 Å². The van der Waals surface area contributed by atoms with Crippen molar-refractivity contribution < 1.29 is 14.3 Å². The minimum atomic E-state index is -0.537. The van der Waals surface area contributed by atoms with Gasteiger partial charge in [-0.05, 0) is 6.92 Å². The van der Waals surface area contributed by atoms with E-state index in [0.717, 1.165) is 0 Å². The van der Waals surface area contributed by atoms with Gasteiger partial charge in [-0.1, -0.05) is 0 Å². The van der Waals surface area contributed by atoms with E-state index < -0.39 is 11.9 Å². The fourth-order valence-electron chi connectivity index (χ4n) is 0.853. The number of ether oxygens (including phenoxy) is 1. The summed E-state index contributed by atoms with van der Waals surface area (Å²) in [7, 11) is 0. The van der Waals surface area contributed by atoms with Crippen molar-refractivity contribution in [2.24, 2.45) is 0 Å². The topological polar surface area (TPSA) is 91.2 Å². The molecule has 0 aliphatic rings. The second-order valence-electron chi connectivity index (χ2n) is 2.80. The summed E-state index contributed by atoms with van der Waals surface area (Å²) in [6, 6.07) is 1.71. The molecule has 17 heavy (non-hydrogen) atoms. The molecule has 0 aromatic heterocycles. The predicted molar refractivity (Wildman–Crippen MR) is 62.1 cm³/mol. The lowest BCUT2D eigenvalue weighted by atomic mass is 10.3. The van der Waals surface area contributed by atoms with Gasteiger partial charge in [0, 0.05) is 18.6 Å². The Balaban J connectivity index is 4.14. The first-order valence-electron chi connectivity index (χ1n) is 4.99. The summed E-state index contributed by atoms with van der Waals surface area (Å²) < 4.78 is 4.65. The molecular weight excluding hydrogens is 246 g/mol. The van der Waals surface area contributed by atoms with Crippen molar-refractivity contribution >= 4 is 23.5 Å². The largest absolute Gasteiger partial charge is 0.465 e. The van der Waals surface area contributed by atoms with Gasteiger partial charge in [0.25, 0.3) is 5.91 Å². The molecule has 0 aromatic carbocycles. The van der Waals surface area contributed by atoms with E-state index in [-0.39, 0.29) is 31.1 Å². The Kier molecular flexibility index (Phi) is 8.51.